The van der Waals surface area contributed by atoms with E-state index >= 15 is 0 Å². The van der Waals surface area contributed by atoms with E-state index in [9.17, 15) is 0 Å². The largest absolute Gasteiger partial charge is 0.215 e. The first-order valence-electron chi connectivity index (χ1n) is 34.1. The van der Waals surface area contributed by atoms with Gasteiger partial charge < -0.3 is 0 Å². The third-order valence-corrected chi connectivity index (χ3v) is 14.7. The predicted octanol–water partition coefficient (Wildman–Crippen LogP) is 16.4. The van der Waals surface area contributed by atoms with E-state index in [2.05, 4.69) is 100 Å². The molecule has 5 nitrogen and oxygen atoms in total. The second-order valence-corrected chi connectivity index (χ2v) is 20.8. The Kier molecular flexibility index (Phi) is 17.7. The summed E-state index contributed by atoms with van der Waals surface area (Å²) in [6.07, 6.45) is 7.94. The SMILES string of the molecule is CCc1cc[n+](C)c(-c2ccccc2C)c1.[2H]C([2H])(C)c1ccc(-c2ccccc2C)[n+](C)c1.[2H]C([2H])(C)c1ccc[n+](C)c1-c1ccccc1C.[2H]C([2H])([2H])C([2H])(C)c1cc[n+](C)c(-c2ccccc2C)c1.[2H]C([2H])([2H])C([2H])(C)c1ccc(-c2ccccc2C)[n+](C)c1. The Labute approximate surface area is 511 Å². The van der Waals surface area contributed by atoms with E-state index in [0.29, 0.717) is 16.7 Å². The maximum Gasteiger partial charge on any atom is 0.215 e. The van der Waals surface area contributed by atoms with Crippen molar-refractivity contribution in [3.8, 4) is 56.3 Å². The van der Waals surface area contributed by atoms with Crippen LogP contribution in [-0.4, -0.2) is 0 Å². The summed E-state index contributed by atoms with van der Waals surface area (Å²) in [5.41, 5.74) is 20.8. The summed E-state index contributed by atoms with van der Waals surface area (Å²) < 4.78 is 103. The van der Waals surface area contributed by atoms with Gasteiger partial charge in [0, 0.05) is 103 Å². The molecule has 422 valence electrons. The number of aromatic nitrogens is 5. The highest BCUT2D eigenvalue weighted by atomic mass is 14.9. The van der Waals surface area contributed by atoms with Crippen LogP contribution in [0.2, 0.25) is 0 Å². The number of pyridine rings is 5. The van der Waals surface area contributed by atoms with Crippen molar-refractivity contribution in [1.29, 1.82) is 0 Å². The molecule has 5 heterocycles. The van der Waals surface area contributed by atoms with Gasteiger partial charge in [-0.1, -0.05) is 139 Å². The quantitative estimate of drug-likeness (QED) is 0.122. The van der Waals surface area contributed by atoms with Gasteiger partial charge in [0.15, 0.2) is 31.0 Å². The zero-order valence-electron chi connectivity index (χ0n) is 63.2. The molecule has 5 aromatic heterocycles. The van der Waals surface area contributed by atoms with Crippen LogP contribution in [0.1, 0.15) is 132 Å². The number of benzene rings is 5. The highest BCUT2D eigenvalue weighted by Gasteiger charge is 2.18. The van der Waals surface area contributed by atoms with Crippen molar-refractivity contribution < 1.29 is 39.3 Å². The lowest BCUT2D eigenvalue weighted by molar-refractivity contribution is -0.661. The molecule has 5 aromatic carbocycles. The standard InChI is InChI=1S/2C16H20N.3C15H18N/c1-12(2)14-9-10-17(4)16(11-14)15-8-6-5-7-13(15)3;1-12(2)14-9-10-16(17(4)11-14)15-8-6-5-7-13(15)3;1-4-13-9-7-11-16(3)15(13)14-10-6-5-8-12(14)2;1-4-13-9-10-16(3)15(11-13)14-8-6-5-7-12(14)2;1-4-13-9-10-15(16(3)11-13)14-8-6-5-7-12(14)2/h2*5-12H,1-4H3;3*5-11H,4H2,1-3H3/q5*+1/i2*1D3,12D;4D2;;4D2. The molecule has 2 unspecified atom stereocenters. The van der Waals surface area contributed by atoms with Crippen LogP contribution in [0.15, 0.2) is 213 Å². The molecule has 0 amide bonds. The minimum absolute atomic E-state index is 0.488. The normalized spacial score (nSPS) is 14.9. The molecule has 0 saturated heterocycles. The number of hydrogen-bond donors (Lipinski definition) is 0. The number of hydrogen-bond acceptors (Lipinski definition) is 0. The van der Waals surface area contributed by atoms with Crippen LogP contribution >= 0.6 is 0 Å². The predicted molar refractivity (Wildman–Crippen MR) is 345 cm³/mol. The maximum atomic E-state index is 8.23. The van der Waals surface area contributed by atoms with Crippen LogP contribution in [-0.2, 0) is 54.4 Å². The summed E-state index contributed by atoms with van der Waals surface area (Å²) in [4.78, 5) is 0. The monoisotopic (exact) mass is 1100 g/mol. The van der Waals surface area contributed by atoms with Crippen molar-refractivity contribution in [3.63, 3.8) is 0 Å². The molecule has 0 bridgehead atoms. The second-order valence-electron chi connectivity index (χ2n) is 20.8. The summed E-state index contributed by atoms with van der Waals surface area (Å²) in [6, 6.07) is 60.0. The van der Waals surface area contributed by atoms with E-state index < -0.39 is 38.2 Å². The van der Waals surface area contributed by atoms with Crippen LogP contribution in [0.25, 0.3) is 56.3 Å². The number of nitrogens with zero attached hydrogens (tertiary/aromatic N) is 5. The van der Waals surface area contributed by atoms with Gasteiger partial charge >= 0.3 is 0 Å². The molecular formula is C77H94N5+5. The Morgan fingerprint density at radius 2 is 0.805 bits per heavy atom. The Bertz CT molecular complexity index is 4210. The van der Waals surface area contributed by atoms with Crippen molar-refractivity contribution >= 4 is 0 Å². The van der Waals surface area contributed by atoms with Gasteiger partial charge in [-0.3, -0.25) is 0 Å². The van der Waals surface area contributed by atoms with Crippen LogP contribution < -0.4 is 22.8 Å². The summed E-state index contributed by atoms with van der Waals surface area (Å²) >= 11 is 0. The Morgan fingerprint density at radius 1 is 0.378 bits per heavy atom. The topological polar surface area (TPSA) is 19.4 Å². The van der Waals surface area contributed by atoms with Crippen LogP contribution in [0.4, 0.5) is 0 Å². The molecule has 10 aromatic rings. The van der Waals surface area contributed by atoms with Crippen LogP contribution in [0.5, 0.6) is 0 Å². The van der Waals surface area contributed by atoms with Crippen molar-refractivity contribution in [2.45, 2.75) is 114 Å². The Hall–Kier alpha value is -8.15. The lowest BCUT2D eigenvalue weighted by atomic mass is 9.99. The zero-order valence-corrected chi connectivity index (χ0v) is 51.2. The highest BCUT2D eigenvalue weighted by Crippen LogP contribution is 2.27. The van der Waals surface area contributed by atoms with E-state index in [1.54, 1.807) is 32.2 Å². The number of rotatable bonds is 10. The molecule has 0 aliphatic carbocycles. The van der Waals surface area contributed by atoms with Gasteiger partial charge in [-0.2, -0.15) is 0 Å². The average Bonchev–Trinajstić information content (AvgIpc) is 0.800. The third kappa shape index (κ3) is 16.7. The first-order chi connectivity index (χ1) is 43.8. The fourth-order valence-electron chi connectivity index (χ4n) is 9.74. The average molecular weight is 1100 g/mol. The summed E-state index contributed by atoms with van der Waals surface area (Å²) in [7, 11) is 9.80. The van der Waals surface area contributed by atoms with Gasteiger partial charge in [0.1, 0.15) is 35.2 Å². The molecule has 0 radical (unpaired) electrons. The summed E-state index contributed by atoms with van der Waals surface area (Å²) in [6.45, 7) is 13.9. The van der Waals surface area contributed by atoms with E-state index in [-0.39, 0.29) is 0 Å². The fraction of sp³-hybridized carbons (Fsp3) is 0.286. The smallest absolute Gasteiger partial charge is 0.201 e. The third-order valence-electron chi connectivity index (χ3n) is 14.7. The molecule has 0 aliphatic heterocycles. The molecule has 10 rings (SSSR count). The van der Waals surface area contributed by atoms with Gasteiger partial charge in [0.05, 0.1) is 0 Å². The first kappa shape index (κ1) is 47.5. The minimum Gasteiger partial charge on any atom is -0.201 e. The zero-order chi connectivity index (χ0) is 69.9. The van der Waals surface area contributed by atoms with Gasteiger partial charge in [0.2, 0.25) is 28.5 Å². The van der Waals surface area contributed by atoms with E-state index in [1.165, 1.54) is 47.4 Å². The van der Waals surface area contributed by atoms with Gasteiger partial charge in [0.25, 0.3) is 0 Å². The lowest BCUT2D eigenvalue weighted by Gasteiger charge is -2.08. The first-order valence-corrected chi connectivity index (χ1v) is 28.1. The van der Waals surface area contributed by atoms with Crippen molar-refractivity contribution in [2.75, 3.05) is 0 Å². The van der Waals surface area contributed by atoms with Gasteiger partial charge in [-0.25, -0.2) is 22.8 Å². The Morgan fingerprint density at radius 3 is 1.24 bits per heavy atom. The van der Waals surface area contributed by atoms with Crippen molar-refractivity contribution in [2.24, 2.45) is 35.2 Å². The Balaban J connectivity index is 0.000000187. The molecule has 2 atom stereocenters. The summed E-state index contributed by atoms with van der Waals surface area (Å²) in [5.74, 6) is -3.24. The molecule has 0 N–H and O–H groups in total. The molecule has 5 heteroatoms. The molecule has 0 saturated carbocycles. The fourth-order valence-corrected chi connectivity index (χ4v) is 9.74. The molecular weight excluding hydrogens is 995 g/mol. The number of aryl methyl sites for hydroxylation is 13. The van der Waals surface area contributed by atoms with Gasteiger partial charge in [-0.15, -0.1) is 0 Å². The van der Waals surface area contributed by atoms with Crippen molar-refractivity contribution in [1.82, 2.24) is 0 Å². The lowest BCUT2D eigenvalue weighted by Crippen LogP contribution is -2.31. The van der Waals surface area contributed by atoms with Crippen LogP contribution in [0, 0.1) is 34.6 Å². The van der Waals surface area contributed by atoms with E-state index in [0.717, 1.165) is 68.1 Å². The second kappa shape index (κ2) is 30.6. The van der Waals surface area contributed by atoms with Gasteiger partial charge in [-0.05, 0) is 153 Å². The maximum absolute atomic E-state index is 8.23. The minimum atomic E-state index is -2.37. The molecule has 0 fully saturated rings. The molecule has 0 aliphatic rings. The van der Waals surface area contributed by atoms with Crippen molar-refractivity contribution in [3.05, 3.63) is 269 Å². The van der Waals surface area contributed by atoms with E-state index in [1.807, 2.05) is 194 Å². The highest BCUT2D eigenvalue weighted by molar-refractivity contribution is 5.65. The van der Waals surface area contributed by atoms with E-state index in [4.69, 9.17) is 16.4 Å². The molecule has 82 heavy (non-hydrogen) atoms. The van der Waals surface area contributed by atoms with Crippen LogP contribution in [0.3, 0.4) is 0 Å². The molecule has 0 spiro atoms. The summed E-state index contributed by atoms with van der Waals surface area (Å²) in [5, 5.41) is 0.